The van der Waals surface area contributed by atoms with Crippen molar-refractivity contribution in [3.63, 3.8) is 0 Å². The molecule has 0 aliphatic carbocycles. The zero-order chi connectivity index (χ0) is 12.4. The average Bonchev–Trinajstić information content (AvgIpc) is 2.26. The van der Waals surface area contributed by atoms with E-state index in [9.17, 15) is 9.59 Å². The van der Waals surface area contributed by atoms with Gasteiger partial charge in [0.2, 0.25) is 5.91 Å². The largest absolute Gasteiger partial charge is 0.465 e. The Morgan fingerprint density at radius 2 is 2.18 bits per heavy atom. The van der Waals surface area contributed by atoms with Gasteiger partial charge in [0.15, 0.2) is 0 Å². The molecular formula is C11H13N3O3. The molecule has 0 radical (unpaired) electrons. The molecule has 2 rings (SSSR count). The molecule has 1 aliphatic rings. The van der Waals surface area contributed by atoms with Gasteiger partial charge in [-0.15, -0.1) is 0 Å². The van der Waals surface area contributed by atoms with E-state index in [1.807, 2.05) is 4.90 Å². The van der Waals surface area contributed by atoms with Gasteiger partial charge in [0.05, 0.1) is 18.6 Å². The number of pyridine rings is 1. The number of rotatable bonds is 3. The van der Waals surface area contributed by atoms with Crippen LogP contribution in [-0.2, 0) is 9.53 Å². The molecule has 0 unspecified atom stereocenters. The molecule has 0 aromatic carbocycles. The number of ether oxygens (including phenoxy) is 1. The number of amides is 1. The van der Waals surface area contributed by atoms with Crippen LogP contribution >= 0.6 is 0 Å². The second-order valence-corrected chi connectivity index (χ2v) is 3.90. The van der Waals surface area contributed by atoms with Gasteiger partial charge in [-0.1, -0.05) is 0 Å². The van der Waals surface area contributed by atoms with Crippen molar-refractivity contribution in [3.05, 3.63) is 23.9 Å². The van der Waals surface area contributed by atoms with Gasteiger partial charge < -0.3 is 15.4 Å². The molecular weight excluding hydrogens is 222 g/mol. The zero-order valence-corrected chi connectivity index (χ0v) is 9.42. The first-order chi connectivity index (χ1) is 8.11. The van der Waals surface area contributed by atoms with Crippen LogP contribution in [0.2, 0.25) is 0 Å². The molecule has 1 aromatic rings. The summed E-state index contributed by atoms with van der Waals surface area (Å²) in [5.74, 6) is -0.0673. The lowest BCUT2D eigenvalue weighted by molar-refractivity contribution is -0.122. The van der Waals surface area contributed by atoms with Crippen molar-refractivity contribution >= 4 is 17.7 Å². The molecule has 2 N–H and O–H groups in total. The topological polar surface area (TPSA) is 85.5 Å². The summed E-state index contributed by atoms with van der Waals surface area (Å²) < 4.78 is 4.57. The van der Waals surface area contributed by atoms with E-state index in [0.29, 0.717) is 18.7 Å². The Bertz CT molecular complexity index is 438. The first-order valence-corrected chi connectivity index (χ1v) is 5.20. The standard InChI is InChI=1S/C11H13N3O3/c1-17-11(16)7-2-3-9(13-4-7)14-5-8(6-14)10(12)15/h2-4,8H,5-6H2,1H3,(H2,12,15). The molecule has 1 aliphatic heterocycles. The lowest BCUT2D eigenvalue weighted by Crippen LogP contribution is -2.52. The lowest BCUT2D eigenvalue weighted by Gasteiger charge is -2.38. The normalized spacial score (nSPS) is 15.2. The number of esters is 1. The lowest BCUT2D eigenvalue weighted by atomic mass is 10.00. The maximum Gasteiger partial charge on any atom is 0.339 e. The maximum absolute atomic E-state index is 11.2. The van der Waals surface area contributed by atoms with Gasteiger partial charge in [-0.2, -0.15) is 0 Å². The Morgan fingerprint density at radius 1 is 1.47 bits per heavy atom. The van der Waals surface area contributed by atoms with Crippen molar-refractivity contribution in [2.75, 3.05) is 25.1 Å². The minimum Gasteiger partial charge on any atom is -0.465 e. The molecule has 1 aromatic heterocycles. The van der Waals surface area contributed by atoms with Gasteiger partial charge >= 0.3 is 5.97 Å². The van der Waals surface area contributed by atoms with Gasteiger partial charge in [0.1, 0.15) is 5.82 Å². The van der Waals surface area contributed by atoms with E-state index < -0.39 is 5.97 Å². The van der Waals surface area contributed by atoms with E-state index in [1.165, 1.54) is 13.3 Å². The molecule has 2 heterocycles. The van der Waals surface area contributed by atoms with Crippen molar-refractivity contribution in [2.24, 2.45) is 11.7 Å². The van der Waals surface area contributed by atoms with Gasteiger partial charge in [-0.05, 0) is 12.1 Å². The smallest absolute Gasteiger partial charge is 0.339 e. The van der Waals surface area contributed by atoms with Crippen molar-refractivity contribution < 1.29 is 14.3 Å². The number of primary amides is 1. The van der Waals surface area contributed by atoms with Crippen LogP contribution in [0.25, 0.3) is 0 Å². The summed E-state index contributed by atoms with van der Waals surface area (Å²) in [7, 11) is 1.32. The Kier molecular flexibility index (Phi) is 2.95. The van der Waals surface area contributed by atoms with Gasteiger partial charge in [0, 0.05) is 19.3 Å². The highest BCUT2D eigenvalue weighted by Crippen LogP contribution is 2.22. The monoisotopic (exact) mass is 235 g/mol. The fourth-order valence-corrected chi connectivity index (χ4v) is 1.66. The number of hydrogen-bond acceptors (Lipinski definition) is 5. The molecule has 1 fully saturated rings. The molecule has 0 atom stereocenters. The number of aromatic nitrogens is 1. The minimum absolute atomic E-state index is 0.0999. The predicted molar refractivity (Wildman–Crippen MR) is 60.5 cm³/mol. The first-order valence-electron chi connectivity index (χ1n) is 5.20. The molecule has 17 heavy (non-hydrogen) atoms. The van der Waals surface area contributed by atoms with Crippen LogP contribution in [0.3, 0.4) is 0 Å². The molecule has 6 heteroatoms. The second-order valence-electron chi connectivity index (χ2n) is 3.90. The van der Waals surface area contributed by atoms with E-state index in [-0.39, 0.29) is 11.8 Å². The third-order valence-corrected chi connectivity index (χ3v) is 2.78. The van der Waals surface area contributed by atoms with Crippen LogP contribution in [-0.4, -0.2) is 37.1 Å². The summed E-state index contributed by atoms with van der Waals surface area (Å²) in [5.41, 5.74) is 5.58. The van der Waals surface area contributed by atoms with Crippen LogP contribution < -0.4 is 10.6 Å². The quantitative estimate of drug-likeness (QED) is 0.733. The van der Waals surface area contributed by atoms with Crippen LogP contribution in [0.1, 0.15) is 10.4 Å². The van der Waals surface area contributed by atoms with E-state index in [4.69, 9.17) is 5.73 Å². The van der Waals surface area contributed by atoms with Crippen LogP contribution in [0.15, 0.2) is 18.3 Å². The van der Waals surface area contributed by atoms with Gasteiger partial charge in [0.25, 0.3) is 0 Å². The summed E-state index contributed by atoms with van der Waals surface area (Å²) in [6, 6.07) is 3.37. The number of anilines is 1. The Balaban J connectivity index is 2.00. The number of hydrogen-bond donors (Lipinski definition) is 1. The van der Waals surface area contributed by atoms with Crippen molar-refractivity contribution in [1.29, 1.82) is 0 Å². The number of nitrogens with zero attached hydrogens (tertiary/aromatic N) is 2. The van der Waals surface area contributed by atoms with E-state index in [1.54, 1.807) is 12.1 Å². The molecule has 0 bridgehead atoms. The average molecular weight is 235 g/mol. The molecule has 1 amide bonds. The molecule has 0 spiro atoms. The van der Waals surface area contributed by atoms with E-state index in [0.717, 1.165) is 5.82 Å². The van der Waals surface area contributed by atoms with Crippen molar-refractivity contribution in [2.45, 2.75) is 0 Å². The van der Waals surface area contributed by atoms with Gasteiger partial charge in [-0.3, -0.25) is 4.79 Å². The van der Waals surface area contributed by atoms with E-state index in [2.05, 4.69) is 9.72 Å². The fraction of sp³-hybridized carbons (Fsp3) is 0.364. The summed E-state index contributed by atoms with van der Waals surface area (Å²) >= 11 is 0. The third-order valence-electron chi connectivity index (χ3n) is 2.78. The molecule has 0 saturated carbocycles. The number of methoxy groups -OCH3 is 1. The highest BCUT2D eigenvalue weighted by molar-refractivity contribution is 5.89. The number of carbonyl (C=O) groups is 2. The van der Waals surface area contributed by atoms with Crippen LogP contribution in [0.4, 0.5) is 5.82 Å². The Hall–Kier alpha value is -2.11. The highest BCUT2D eigenvalue weighted by atomic mass is 16.5. The second kappa shape index (κ2) is 4.40. The first kappa shape index (κ1) is 11.4. The highest BCUT2D eigenvalue weighted by Gasteiger charge is 2.31. The summed E-state index contributed by atoms with van der Waals surface area (Å²) in [6.07, 6.45) is 1.46. The maximum atomic E-state index is 11.2. The zero-order valence-electron chi connectivity index (χ0n) is 9.42. The Labute approximate surface area is 98.4 Å². The molecule has 6 nitrogen and oxygen atoms in total. The SMILES string of the molecule is COC(=O)c1ccc(N2CC(C(N)=O)C2)nc1. The van der Waals surface area contributed by atoms with Crippen molar-refractivity contribution in [3.8, 4) is 0 Å². The number of carbonyl (C=O) groups excluding carboxylic acids is 2. The summed E-state index contributed by atoms with van der Waals surface area (Å²) in [5, 5.41) is 0. The predicted octanol–water partition coefficient (Wildman–Crippen LogP) is -0.210. The summed E-state index contributed by atoms with van der Waals surface area (Å²) in [4.78, 5) is 28.1. The minimum atomic E-state index is -0.414. The summed E-state index contributed by atoms with van der Waals surface area (Å²) in [6.45, 7) is 1.17. The fourth-order valence-electron chi connectivity index (χ4n) is 1.66. The molecule has 90 valence electrons. The van der Waals surface area contributed by atoms with Crippen molar-refractivity contribution in [1.82, 2.24) is 4.98 Å². The van der Waals surface area contributed by atoms with Crippen LogP contribution in [0, 0.1) is 5.92 Å². The Morgan fingerprint density at radius 3 is 2.65 bits per heavy atom. The van der Waals surface area contributed by atoms with E-state index >= 15 is 0 Å². The van der Waals surface area contributed by atoms with Gasteiger partial charge in [-0.25, -0.2) is 9.78 Å². The van der Waals surface area contributed by atoms with Crippen LogP contribution in [0.5, 0.6) is 0 Å². The third kappa shape index (κ3) is 2.20. The number of nitrogens with two attached hydrogens (primary N) is 1. The molecule has 1 saturated heterocycles.